The summed E-state index contributed by atoms with van der Waals surface area (Å²) in [6.45, 7) is 0. The SMILES string of the molecule is c1ccc(-c2ccc(N(c3ccc(-c4ccccc4)cc3)c3ccc4c(c3)N(c3ccccc3)c3cc5ccccc5cc3N4)cc2)cc1. The van der Waals surface area contributed by atoms with Crippen molar-refractivity contribution in [3.05, 3.63) is 194 Å². The summed E-state index contributed by atoms with van der Waals surface area (Å²) in [6, 6.07) is 69.4. The molecule has 8 aromatic rings. The second-order valence-electron chi connectivity index (χ2n) is 12.4. The average molecular weight is 628 g/mol. The highest BCUT2D eigenvalue weighted by molar-refractivity contribution is 6.03. The van der Waals surface area contributed by atoms with E-state index in [2.05, 4.69) is 209 Å². The number of hydrogen-bond acceptors (Lipinski definition) is 3. The highest BCUT2D eigenvalue weighted by Gasteiger charge is 2.26. The molecule has 0 saturated carbocycles. The molecule has 0 radical (unpaired) electrons. The highest BCUT2D eigenvalue weighted by atomic mass is 15.2. The van der Waals surface area contributed by atoms with E-state index in [0.29, 0.717) is 0 Å². The molecule has 0 atom stereocenters. The minimum absolute atomic E-state index is 1.06. The van der Waals surface area contributed by atoms with Gasteiger partial charge >= 0.3 is 0 Å². The number of benzene rings is 8. The van der Waals surface area contributed by atoms with Gasteiger partial charge in [-0.15, -0.1) is 0 Å². The van der Waals surface area contributed by atoms with Crippen molar-refractivity contribution in [2.75, 3.05) is 15.1 Å². The zero-order chi connectivity index (χ0) is 32.6. The molecule has 0 amide bonds. The second-order valence-corrected chi connectivity index (χ2v) is 12.4. The van der Waals surface area contributed by atoms with E-state index in [1.54, 1.807) is 0 Å². The van der Waals surface area contributed by atoms with E-state index in [0.717, 1.165) is 45.5 Å². The van der Waals surface area contributed by atoms with Crippen molar-refractivity contribution in [2.45, 2.75) is 0 Å². The lowest BCUT2D eigenvalue weighted by atomic mass is 10.0. The average Bonchev–Trinajstić information content (AvgIpc) is 3.18. The van der Waals surface area contributed by atoms with E-state index in [-0.39, 0.29) is 0 Å². The molecule has 1 N–H and O–H groups in total. The van der Waals surface area contributed by atoms with E-state index in [1.807, 2.05) is 0 Å². The Morgan fingerprint density at radius 1 is 0.347 bits per heavy atom. The van der Waals surface area contributed by atoms with Crippen molar-refractivity contribution in [3.8, 4) is 22.3 Å². The Morgan fingerprint density at radius 2 is 0.796 bits per heavy atom. The number of nitrogens with one attached hydrogen (secondary N) is 1. The van der Waals surface area contributed by atoms with Crippen LogP contribution in [0.25, 0.3) is 33.0 Å². The quantitative estimate of drug-likeness (QED) is 0.198. The first kappa shape index (κ1) is 28.6. The summed E-state index contributed by atoms with van der Waals surface area (Å²) in [5, 5.41) is 6.19. The van der Waals surface area contributed by atoms with Crippen LogP contribution in [0.1, 0.15) is 0 Å². The molecule has 3 heteroatoms. The van der Waals surface area contributed by atoms with Gasteiger partial charge in [0.15, 0.2) is 0 Å². The van der Waals surface area contributed by atoms with Crippen LogP contribution in [0.5, 0.6) is 0 Å². The number of anilines is 8. The van der Waals surface area contributed by atoms with Crippen molar-refractivity contribution in [1.29, 1.82) is 0 Å². The summed E-state index contributed by atoms with van der Waals surface area (Å²) in [6.07, 6.45) is 0. The van der Waals surface area contributed by atoms with Gasteiger partial charge in [0.1, 0.15) is 0 Å². The van der Waals surface area contributed by atoms with E-state index < -0.39 is 0 Å². The van der Waals surface area contributed by atoms with Gasteiger partial charge in [0, 0.05) is 22.7 Å². The molecule has 0 unspecified atom stereocenters. The Kier molecular flexibility index (Phi) is 7.14. The van der Waals surface area contributed by atoms with E-state index >= 15 is 0 Å². The maximum atomic E-state index is 3.77. The maximum Gasteiger partial charge on any atom is 0.0718 e. The summed E-state index contributed by atoms with van der Waals surface area (Å²) in [7, 11) is 0. The van der Waals surface area contributed by atoms with E-state index in [4.69, 9.17) is 0 Å². The van der Waals surface area contributed by atoms with Crippen LogP contribution in [0.2, 0.25) is 0 Å². The van der Waals surface area contributed by atoms with Gasteiger partial charge in [-0.25, -0.2) is 0 Å². The molecule has 232 valence electrons. The predicted molar refractivity (Wildman–Crippen MR) is 207 cm³/mol. The standard InChI is InChI=1S/C46H33N3/c1-4-12-33(13-5-1)35-20-24-40(25-21-35)48(41-26-22-36(23-27-41)34-14-6-2-7-15-34)42-28-29-43-46(32-42)49(39-18-8-3-9-19-39)45-31-38-17-11-10-16-37(38)30-44(45)47-43/h1-32,47H. The van der Waals surface area contributed by atoms with Gasteiger partial charge in [-0.1, -0.05) is 127 Å². The lowest BCUT2D eigenvalue weighted by molar-refractivity contribution is 1.23. The van der Waals surface area contributed by atoms with Gasteiger partial charge in [0.2, 0.25) is 0 Å². The van der Waals surface area contributed by atoms with Crippen molar-refractivity contribution in [1.82, 2.24) is 0 Å². The van der Waals surface area contributed by atoms with Gasteiger partial charge in [-0.3, -0.25) is 0 Å². The molecule has 1 aliphatic rings. The molecule has 9 rings (SSSR count). The normalized spacial score (nSPS) is 11.8. The Hall–Kier alpha value is -6.58. The van der Waals surface area contributed by atoms with Crippen LogP contribution in [-0.4, -0.2) is 0 Å². The molecule has 8 aromatic carbocycles. The predicted octanol–water partition coefficient (Wildman–Crippen LogP) is 13.2. The molecule has 1 aliphatic heterocycles. The zero-order valence-electron chi connectivity index (χ0n) is 26.9. The van der Waals surface area contributed by atoms with Crippen LogP contribution in [0.3, 0.4) is 0 Å². The maximum absolute atomic E-state index is 3.77. The van der Waals surface area contributed by atoms with Crippen LogP contribution in [-0.2, 0) is 0 Å². The molecule has 0 fully saturated rings. The largest absolute Gasteiger partial charge is 0.352 e. The third kappa shape index (κ3) is 5.38. The smallest absolute Gasteiger partial charge is 0.0718 e. The van der Waals surface area contributed by atoms with Crippen molar-refractivity contribution in [2.24, 2.45) is 0 Å². The Bertz CT molecular complexity index is 2300. The number of rotatable bonds is 6. The minimum atomic E-state index is 1.06. The fraction of sp³-hybridized carbons (Fsp3) is 0. The molecule has 3 nitrogen and oxygen atoms in total. The number of nitrogens with zero attached hydrogens (tertiary/aromatic N) is 2. The van der Waals surface area contributed by atoms with Crippen molar-refractivity contribution < 1.29 is 0 Å². The summed E-state index contributed by atoms with van der Waals surface area (Å²) < 4.78 is 0. The van der Waals surface area contributed by atoms with Gasteiger partial charge in [-0.2, -0.15) is 0 Å². The lowest BCUT2D eigenvalue weighted by Gasteiger charge is -2.36. The molecule has 0 spiro atoms. The third-order valence-electron chi connectivity index (χ3n) is 9.33. The van der Waals surface area contributed by atoms with E-state index in [9.17, 15) is 0 Å². The summed E-state index contributed by atoms with van der Waals surface area (Å²) in [5.41, 5.74) is 13.5. The topological polar surface area (TPSA) is 18.5 Å². The molecule has 1 heterocycles. The lowest BCUT2D eigenvalue weighted by Crippen LogP contribution is -2.19. The van der Waals surface area contributed by atoms with Gasteiger partial charge in [0.25, 0.3) is 0 Å². The first-order chi connectivity index (χ1) is 24.3. The number of hydrogen-bond donors (Lipinski definition) is 1. The fourth-order valence-electron chi connectivity index (χ4n) is 6.91. The first-order valence-electron chi connectivity index (χ1n) is 16.7. The van der Waals surface area contributed by atoms with Crippen LogP contribution >= 0.6 is 0 Å². The van der Waals surface area contributed by atoms with Crippen LogP contribution in [0.15, 0.2) is 194 Å². The monoisotopic (exact) mass is 627 g/mol. The van der Waals surface area contributed by atoms with Crippen LogP contribution in [0, 0.1) is 0 Å². The van der Waals surface area contributed by atoms with Gasteiger partial charge < -0.3 is 15.1 Å². The summed E-state index contributed by atoms with van der Waals surface area (Å²) >= 11 is 0. The van der Waals surface area contributed by atoms with Gasteiger partial charge in [0.05, 0.1) is 22.7 Å². The van der Waals surface area contributed by atoms with E-state index in [1.165, 1.54) is 33.0 Å². The molecule has 0 aromatic heterocycles. The first-order valence-corrected chi connectivity index (χ1v) is 16.7. The van der Waals surface area contributed by atoms with Crippen molar-refractivity contribution >= 4 is 56.3 Å². The van der Waals surface area contributed by atoms with Crippen molar-refractivity contribution in [3.63, 3.8) is 0 Å². The zero-order valence-corrected chi connectivity index (χ0v) is 26.9. The third-order valence-corrected chi connectivity index (χ3v) is 9.33. The Labute approximate surface area is 287 Å². The molecule has 0 aliphatic carbocycles. The number of fused-ring (bicyclic) bond motifs is 3. The van der Waals surface area contributed by atoms with Crippen LogP contribution in [0.4, 0.5) is 45.5 Å². The minimum Gasteiger partial charge on any atom is -0.352 e. The molecule has 49 heavy (non-hydrogen) atoms. The molecular formula is C46H33N3. The van der Waals surface area contributed by atoms with Gasteiger partial charge in [-0.05, 0) is 99.8 Å². The number of para-hydroxylation sites is 1. The Morgan fingerprint density at radius 3 is 1.37 bits per heavy atom. The fourth-order valence-corrected chi connectivity index (χ4v) is 6.91. The summed E-state index contributed by atoms with van der Waals surface area (Å²) in [5.74, 6) is 0. The Balaban J connectivity index is 1.19. The second kappa shape index (κ2) is 12.2. The molecule has 0 saturated heterocycles. The molecule has 0 bridgehead atoms. The highest BCUT2D eigenvalue weighted by Crippen LogP contribution is 2.51. The molecular weight excluding hydrogens is 595 g/mol. The summed E-state index contributed by atoms with van der Waals surface area (Å²) in [4.78, 5) is 4.73. The van der Waals surface area contributed by atoms with Crippen LogP contribution < -0.4 is 15.1 Å².